The number of unbranched alkanes of at least 4 members (excludes halogenated alkanes) is 16. The Morgan fingerprint density at radius 3 is 1.00 bits per heavy atom. The molecule has 162 valence electrons. The number of carbonyl (C=O) groups is 2. The molecule has 0 saturated heterocycles. The zero-order chi connectivity index (χ0) is 20.0. The van der Waals surface area contributed by atoms with Gasteiger partial charge in [0.2, 0.25) is 0 Å². The summed E-state index contributed by atoms with van der Waals surface area (Å²) in [5.74, 6) is -0.669. The van der Waals surface area contributed by atoms with Crippen molar-refractivity contribution in [1.82, 2.24) is 0 Å². The van der Waals surface area contributed by atoms with Gasteiger partial charge in [-0.3, -0.25) is 9.59 Å². The molecule has 0 bridgehead atoms. The van der Waals surface area contributed by atoms with Gasteiger partial charge in [-0.1, -0.05) is 117 Å². The van der Waals surface area contributed by atoms with E-state index in [-0.39, 0.29) is 41.5 Å². The van der Waals surface area contributed by atoms with E-state index in [0.29, 0.717) is 12.8 Å². The van der Waals surface area contributed by atoms with Crippen molar-refractivity contribution in [2.45, 2.75) is 142 Å². The van der Waals surface area contributed by atoms with Gasteiger partial charge in [0.15, 0.2) is 0 Å². The molecule has 0 amide bonds. The van der Waals surface area contributed by atoms with E-state index in [1.54, 1.807) is 0 Å². The van der Waals surface area contributed by atoms with Crippen molar-refractivity contribution < 1.29 is 14.3 Å². The van der Waals surface area contributed by atoms with Gasteiger partial charge in [-0.05, 0) is 12.8 Å². The van der Waals surface area contributed by atoms with Crippen molar-refractivity contribution in [3.8, 4) is 0 Å². The SMILES string of the molecule is CCCCCCCCCCCC(=O)OC(=O)CCCCCCCCCCC.[NaH]. The molecule has 0 N–H and O–H groups in total. The van der Waals surface area contributed by atoms with Crippen LogP contribution in [-0.2, 0) is 14.3 Å². The molecule has 0 aliphatic carbocycles. The molecule has 0 aromatic carbocycles. The first kappa shape index (κ1) is 30.3. The molecule has 0 fully saturated rings. The quantitative estimate of drug-likeness (QED) is 0.0925. The van der Waals surface area contributed by atoms with Crippen molar-refractivity contribution in [1.29, 1.82) is 0 Å². The van der Waals surface area contributed by atoms with Gasteiger partial charge in [0, 0.05) is 12.8 Å². The second-order valence-corrected chi connectivity index (χ2v) is 8.00. The molecule has 28 heavy (non-hydrogen) atoms. The third-order valence-corrected chi connectivity index (χ3v) is 5.20. The van der Waals surface area contributed by atoms with Crippen LogP contribution in [0, 0.1) is 0 Å². The van der Waals surface area contributed by atoms with E-state index in [4.69, 9.17) is 4.74 Å². The average Bonchev–Trinajstić information content (AvgIpc) is 2.65. The number of rotatable bonds is 20. The first-order valence-electron chi connectivity index (χ1n) is 11.9. The van der Waals surface area contributed by atoms with E-state index in [0.717, 1.165) is 25.7 Å². The minimum atomic E-state index is -0.334. The van der Waals surface area contributed by atoms with E-state index >= 15 is 0 Å². The van der Waals surface area contributed by atoms with Gasteiger partial charge in [-0.2, -0.15) is 0 Å². The predicted molar refractivity (Wildman–Crippen MR) is 122 cm³/mol. The van der Waals surface area contributed by atoms with E-state index in [2.05, 4.69) is 13.8 Å². The molecular weight excluding hydrogens is 359 g/mol. The molecule has 0 unspecified atom stereocenters. The Balaban J connectivity index is 0. The fraction of sp³-hybridized carbons (Fsp3) is 0.917. The summed E-state index contributed by atoms with van der Waals surface area (Å²) in [6.07, 6.45) is 22.8. The van der Waals surface area contributed by atoms with Crippen LogP contribution in [-0.4, -0.2) is 41.5 Å². The minimum absolute atomic E-state index is 0. The van der Waals surface area contributed by atoms with Gasteiger partial charge < -0.3 is 4.74 Å². The zero-order valence-corrected chi connectivity index (χ0v) is 18.4. The third kappa shape index (κ3) is 24.2. The first-order chi connectivity index (χ1) is 13.2. The first-order valence-corrected chi connectivity index (χ1v) is 11.9. The molecule has 0 aliphatic heterocycles. The number of hydrogen-bond donors (Lipinski definition) is 0. The number of carbonyl (C=O) groups excluding carboxylic acids is 2. The van der Waals surface area contributed by atoms with Gasteiger partial charge in [0.25, 0.3) is 0 Å². The zero-order valence-electron chi connectivity index (χ0n) is 18.4. The van der Waals surface area contributed by atoms with Gasteiger partial charge >= 0.3 is 41.5 Å². The molecule has 0 heterocycles. The Labute approximate surface area is 197 Å². The van der Waals surface area contributed by atoms with E-state index in [9.17, 15) is 9.59 Å². The topological polar surface area (TPSA) is 43.4 Å². The Morgan fingerprint density at radius 1 is 0.464 bits per heavy atom. The molecule has 4 heteroatoms. The molecular formula is C24H47NaO3. The molecule has 0 rings (SSSR count). The summed E-state index contributed by atoms with van der Waals surface area (Å²) >= 11 is 0. The molecule has 0 aliphatic rings. The van der Waals surface area contributed by atoms with Crippen LogP contribution in [0.5, 0.6) is 0 Å². The van der Waals surface area contributed by atoms with E-state index in [1.807, 2.05) is 0 Å². The standard InChI is InChI=1S/C24H46O3.Na.H/c1-3-5-7-9-11-13-15-17-19-21-23(25)27-24(26)22-20-18-16-14-12-10-8-6-4-2;;/h3-22H2,1-2H3;;. The summed E-state index contributed by atoms with van der Waals surface area (Å²) < 4.78 is 4.92. The second-order valence-electron chi connectivity index (χ2n) is 8.00. The summed E-state index contributed by atoms with van der Waals surface area (Å²) in [4.78, 5) is 23.4. The summed E-state index contributed by atoms with van der Waals surface area (Å²) in [5.41, 5.74) is 0. The molecule has 0 saturated carbocycles. The van der Waals surface area contributed by atoms with Crippen molar-refractivity contribution >= 4 is 41.5 Å². The summed E-state index contributed by atoms with van der Waals surface area (Å²) in [5, 5.41) is 0. The fourth-order valence-corrected chi connectivity index (χ4v) is 3.39. The molecule has 0 spiro atoms. The van der Waals surface area contributed by atoms with Gasteiger partial charge in [-0.25, -0.2) is 0 Å². The van der Waals surface area contributed by atoms with Crippen LogP contribution >= 0.6 is 0 Å². The van der Waals surface area contributed by atoms with Crippen molar-refractivity contribution in [3.63, 3.8) is 0 Å². The maximum absolute atomic E-state index is 11.7. The van der Waals surface area contributed by atoms with Crippen LogP contribution in [0.4, 0.5) is 0 Å². The summed E-state index contributed by atoms with van der Waals surface area (Å²) in [6.45, 7) is 4.47. The fourth-order valence-electron chi connectivity index (χ4n) is 3.39. The summed E-state index contributed by atoms with van der Waals surface area (Å²) in [7, 11) is 0. The van der Waals surface area contributed by atoms with Crippen LogP contribution < -0.4 is 0 Å². The van der Waals surface area contributed by atoms with Crippen molar-refractivity contribution in [2.24, 2.45) is 0 Å². The van der Waals surface area contributed by atoms with Crippen LogP contribution in [0.15, 0.2) is 0 Å². The van der Waals surface area contributed by atoms with E-state index in [1.165, 1.54) is 89.9 Å². The molecule has 0 aromatic heterocycles. The van der Waals surface area contributed by atoms with Crippen LogP contribution in [0.25, 0.3) is 0 Å². The predicted octanol–water partition coefficient (Wildman–Crippen LogP) is 7.25. The molecule has 0 aromatic rings. The third-order valence-electron chi connectivity index (χ3n) is 5.20. The normalized spacial score (nSPS) is 10.5. The van der Waals surface area contributed by atoms with Crippen molar-refractivity contribution in [3.05, 3.63) is 0 Å². The van der Waals surface area contributed by atoms with E-state index < -0.39 is 0 Å². The van der Waals surface area contributed by atoms with Gasteiger partial charge in [0.1, 0.15) is 0 Å². The molecule has 0 radical (unpaired) electrons. The van der Waals surface area contributed by atoms with Crippen LogP contribution in [0.2, 0.25) is 0 Å². The molecule has 0 atom stereocenters. The average molecular weight is 407 g/mol. The van der Waals surface area contributed by atoms with Crippen molar-refractivity contribution in [2.75, 3.05) is 0 Å². The van der Waals surface area contributed by atoms with Crippen LogP contribution in [0.1, 0.15) is 142 Å². The second kappa shape index (κ2) is 25.2. The number of esters is 2. The summed E-state index contributed by atoms with van der Waals surface area (Å²) in [6, 6.07) is 0. The Kier molecular flexibility index (Phi) is 27.3. The van der Waals surface area contributed by atoms with Gasteiger partial charge in [0.05, 0.1) is 0 Å². The maximum atomic E-state index is 11.7. The Hall–Kier alpha value is 0.140. The Bertz CT molecular complexity index is 313. The van der Waals surface area contributed by atoms with Gasteiger partial charge in [-0.15, -0.1) is 0 Å². The number of hydrogen-bond acceptors (Lipinski definition) is 3. The monoisotopic (exact) mass is 406 g/mol. The Morgan fingerprint density at radius 2 is 0.714 bits per heavy atom. The number of ether oxygens (including phenoxy) is 1. The molecule has 3 nitrogen and oxygen atoms in total. The van der Waals surface area contributed by atoms with Crippen LogP contribution in [0.3, 0.4) is 0 Å².